The molecule has 1 atom stereocenters. The molecular formula is C16H15NO2. The Labute approximate surface area is 112 Å². The number of hydrogen-bond acceptors (Lipinski definition) is 3. The van der Waals surface area contributed by atoms with Crippen LogP contribution in [0.3, 0.4) is 0 Å². The second-order valence-electron chi connectivity index (χ2n) is 4.46. The molecule has 2 aromatic rings. The van der Waals surface area contributed by atoms with E-state index in [1.807, 2.05) is 31.2 Å². The lowest BCUT2D eigenvalue weighted by Crippen LogP contribution is -1.97. The largest absolute Gasteiger partial charge is 0.457 e. The van der Waals surface area contributed by atoms with Crippen LogP contribution in [0.2, 0.25) is 0 Å². The van der Waals surface area contributed by atoms with Gasteiger partial charge in [0.2, 0.25) is 0 Å². The van der Waals surface area contributed by atoms with Crippen molar-refractivity contribution in [3.63, 3.8) is 0 Å². The van der Waals surface area contributed by atoms with E-state index in [2.05, 4.69) is 6.07 Å². The topological polar surface area (TPSA) is 53.2 Å². The number of nitriles is 1. The predicted molar refractivity (Wildman–Crippen MR) is 73.0 cm³/mol. The summed E-state index contributed by atoms with van der Waals surface area (Å²) in [5.41, 5.74) is 2.26. The zero-order chi connectivity index (χ0) is 13.8. The van der Waals surface area contributed by atoms with Crippen LogP contribution in [0.15, 0.2) is 42.5 Å². The Balaban J connectivity index is 2.40. The first-order chi connectivity index (χ1) is 9.10. The number of nitrogens with zero attached hydrogens (tertiary/aromatic N) is 1. The van der Waals surface area contributed by atoms with Crippen molar-refractivity contribution >= 4 is 0 Å². The minimum atomic E-state index is -0.646. The average molecular weight is 253 g/mol. The van der Waals surface area contributed by atoms with E-state index in [1.165, 1.54) is 0 Å². The molecule has 3 heteroatoms. The van der Waals surface area contributed by atoms with Gasteiger partial charge < -0.3 is 9.84 Å². The van der Waals surface area contributed by atoms with Gasteiger partial charge in [-0.3, -0.25) is 0 Å². The van der Waals surface area contributed by atoms with Crippen molar-refractivity contribution in [3.8, 4) is 17.6 Å². The summed E-state index contributed by atoms with van der Waals surface area (Å²) in [6.07, 6.45) is -0.646. The Morgan fingerprint density at radius 1 is 1.21 bits per heavy atom. The molecule has 1 N–H and O–H groups in total. The van der Waals surface area contributed by atoms with Gasteiger partial charge in [-0.05, 0) is 43.7 Å². The lowest BCUT2D eigenvalue weighted by atomic mass is 10.1. The Morgan fingerprint density at radius 2 is 2.00 bits per heavy atom. The quantitative estimate of drug-likeness (QED) is 0.907. The van der Waals surface area contributed by atoms with E-state index in [0.717, 1.165) is 5.56 Å². The fraction of sp³-hybridized carbons (Fsp3) is 0.188. The molecule has 0 heterocycles. The molecule has 0 saturated carbocycles. The Morgan fingerprint density at radius 3 is 2.63 bits per heavy atom. The molecule has 0 amide bonds. The van der Waals surface area contributed by atoms with Crippen molar-refractivity contribution in [3.05, 3.63) is 59.2 Å². The van der Waals surface area contributed by atoms with E-state index in [9.17, 15) is 5.11 Å². The minimum Gasteiger partial charge on any atom is -0.457 e. The number of hydrogen-bond donors (Lipinski definition) is 1. The third kappa shape index (κ3) is 3.12. The first kappa shape index (κ1) is 13.1. The molecule has 96 valence electrons. The molecule has 0 bridgehead atoms. The zero-order valence-electron chi connectivity index (χ0n) is 10.9. The number of rotatable bonds is 3. The van der Waals surface area contributed by atoms with Gasteiger partial charge in [-0.25, -0.2) is 0 Å². The Kier molecular flexibility index (Phi) is 3.84. The second-order valence-corrected chi connectivity index (χ2v) is 4.46. The van der Waals surface area contributed by atoms with Crippen molar-refractivity contribution in [2.45, 2.75) is 20.0 Å². The van der Waals surface area contributed by atoms with E-state index < -0.39 is 6.10 Å². The Bertz CT molecular complexity index is 627. The number of aliphatic hydroxyl groups is 1. The summed E-state index contributed by atoms with van der Waals surface area (Å²) in [4.78, 5) is 0. The monoisotopic (exact) mass is 253 g/mol. The van der Waals surface area contributed by atoms with Crippen LogP contribution in [0.5, 0.6) is 11.5 Å². The highest BCUT2D eigenvalue weighted by atomic mass is 16.5. The van der Waals surface area contributed by atoms with Crippen LogP contribution in [-0.4, -0.2) is 5.11 Å². The summed E-state index contributed by atoms with van der Waals surface area (Å²) in [5.74, 6) is 1.21. The molecule has 2 aromatic carbocycles. The lowest BCUT2D eigenvalue weighted by Gasteiger charge is -2.13. The van der Waals surface area contributed by atoms with Crippen molar-refractivity contribution in [1.29, 1.82) is 5.26 Å². The number of ether oxygens (including phenoxy) is 1. The highest BCUT2D eigenvalue weighted by Gasteiger charge is 2.11. The molecule has 0 aliphatic carbocycles. The lowest BCUT2D eigenvalue weighted by molar-refractivity contribution is 0.195. The van der Waals surface area contributed by atoms with Crippen LogP contribution < -0.4 is 4.74 Å². The minimum absolute atomic E-state index is 0.507. The van der Waals surface area contributed by atoms with Crippen LogP contribution >= 0.6 is 0 Å². The Hall–Kier alpha value is -2.31. The SMILES string of the molecule is Cc1cccc(Oc2cc(C#N)ccc2[C@@H](C)O)c1. The summed E-state index contributed by atoms with van der Waals surface area (Å²) in [6, 6.07) is 14.7. The van der Waals surface area contributed by atoms with Crippen LogP contribution in [0, 0.1) is 18.3 Å². The molecule has 19 heavy (non-hydrogen) atoms. The van der Waals surface area contributed by atoms with E-state index >= 15 is 0 Å². The highest BCUT2D eigenvalue weighted by molar-refractivity contribution is 5.45. The molecule has 0 fully saturated rings. The molecule has 0 unspecified atom stereocenters. The van der Waals surface area contributed by atoms with E-state index in [0.29, 0.717) is 22.6 Å². The summed E-state index contributed by atoms with van der Waals surface area (Å²) < 4.78 is 5.78. The maximum Gasteiger partial charge on any atom is 0.134 e. The normalized spacial score (nSPS) is 11.7. The van der Waals surface area contributed by atoms with Crippen molar-refractivity contribution in [2.75, 3.05) is 0 Å². The summed E-state index contributed by atoms with van der Waals surface area (Å²) in [7, 11) is 0. The fourth-order valence-corrected chi connectivity index (χ4v) is 1.84. The standard InChI is InChI=1S/C16H15NO2/c1-11-4-3-5-14(8-11)19-16-9-13(10-17)6-7-15(16)12(2)18/h3-9,12,18H,1-2H3/t12-/m1/s1. The van der Waals surface area contributed by atoms with Gasteiger partial charge in [-0.15, -0.1) is 0 Å². The third-order valence-electron chi connectivity index (χ3n) is 2.81. The van der Waals surface area contributed by atoms with Gasteiger partial charge in [0.1, 0.15) is 11.5 Å². The van der Waals surface area contributed by atoms with Gasteiger partial charge in [0, 0.05) is 5.56 Å². The summed E-state index contributed by atoms with van der Waals surface area (Å²) >= 11 is 0. The van der Waals surface area contributed by atoms with Crippen LogP contribution in [0.1, 0.15) is 29.7 Å². The van der Waals surface area contributed by atoms with Crippen molar-refractivity contribution in [1.82, 2.24) is 0 Å². The van der Waals surface area contributed by atoms with Crippen LogP contribution in [-0.2, 0) is 0 Å². The molecule has 0 aromatic heterocycles. The molecule has 2 rings (SSSR count). The zero-order valence-corrected chi connectivity index (χ0v) is 10.9. The van der Waals surface area contributed by atoms with Gasteiger partial charge in [-0.1, -0.05) is 18.2 Å². The van der Waals surface area contributed by atoms with Gasteiger partial charge in [0.25, 0.3) is 0 Å². The maximum atomic E-state index is 9.74. The summed E-state index contributed by atoms with van der Waals surface area (Å²) in [6.45, 7) is 3.65. The average Bonchev–Trinajstić information content (AvgIpc) is 2.38. The fourth-order valence-electron chi connectivity index (χ4n) is 1.84. The molecule has 0 saturated heterocycles. The van der Waals surface area contributed by atoms with Crippen LogP contribution in [0.25, 0.3) is 0 Å². The molecular weight excluding hydrogens is 238 g/mol. The smallest absolute Gasteiger partial charge is 0.134 e. The van der Waals surface area contributed by atoms with Gasteiger partial charge in [-0.2, -0.15) is 5.26 Å². The number of aryl methyl sites for hydroxylation is 1. The maximum absolute atomic E-state index is 9.74. The van der Waals surface area contributed by atoms with E-state index in [1.54, 1.807) is 25.1 Å². The van der Waals surface area contributed by atoms with Gasteiger partial charge in [0.05, 0.1) is 17.7 Å². The number of aliphatic hydroxyl groups excluding tert-OH is 1. The molecule has 0 aliphatic rings. The highest BCUT2D eigenvalue weighted by Crippen LogP contribution is 2.30. The predicted octanol–water partition coefficient (Wildman–Crippen LogP) is 3.71. The van der Waals surface area contributed by atoms with Gasteiger partial charge >= 0.3 is 0 Å². The third-order valence-corrected chi connectivity index (χ3v) is 2.81. The van der Waals surface area contributed by atoms with Crippen molar-refractivity contribution < 1.29 is 9.84 Å². The first-order valence-electron chi connectivity index (χ1n) is 6.07. The van der Waals surface area contributed by atoms with Gasteiger partial charge in [0.15, 0.2) is 0 Å². The van der Waals surface area contributed by atoms with E-state index in [4.69, 9.17) is 10.00 Å². The molecule has 0 spiro atoms. The van der Waals surface area contributed by atoms with E-state index in [-0.39, 0.29) is 0 Å². The second kappa shape index (κ2) is 5.55. The molecule has 3 nitrogen and oxygen atoms in total. The van der Waals surface area contributed by atoms with Crippen LogP contribution in [0.4, 0.5) is 0 Å². The number of benzene rings is 2. The molecule has 0 aliphatic heterocycles. The van der Waals surface area contributed by atoms with Crippen molar-refractivity contribution in [2.24, 2.45) is 0 Å². The first-order valence-corrected chi connectivity index (χ1v) is 6.07. The summed E-state index contributed by atoms with van der Waals surface area (Å²) in [5, 5.41) is 18.7. The molecule has 0 radical (unpaired) electrons.